The maximum Gasteiger partial charge on any atom is 0.258 e. The van der Waals surface area contributed by atoms with Gasteiger partial charge in [0, 0.05) is 23.2 Å². The minimum Gasteiger partial charge on any atom is -0.398 e. The first kappa shape index (κ1) is 14.1. The average Bonchev–Trinajstić information content (AvgIpc) is 2.47. The molecule has 0 atom stereocenters. The summed E-state index contributed by atoms with van der Waals surface area (Å²) >= 11 is 3.25. The van der Waals surface area contributed by atoms with E-state index in [0.717, 1.165) is 16.8 Å². The molecule has 2 N–H and O–H groups in total. The number of anilines is 1. The van der Waals surface area contributed by atoms with Crippen molar-refractivity contribution in [3.63, 3.8) is 0 Å². The smallest absolute Gasteiger partial charge is 0.258 e. The highest BCUT2D eigenvalue weighted by molar-refractivity contribution is 9.10. The topological polar surface area (TPSA) is 46.3 Å². The van der Waals surface area contributed by atoms with Crippen LogP contribution < -0.4 is 5.73 Å². The molecule has 108 valence electrons. The highest BCUT2D eigenvalue weighted by Crippen LogP contribution is 2.27. The van der Waals surface area contributed by atoms with Gasteiger partial charge in [-0.2, -0.15) is 0 Å². The highest BCUT2D eigenvalue weighted by Gasteiger charge is 2.26. The lowest BCUT2D eigenvalue weighted by Crippen LogP contribution is -2.36. The largest absolute Gasteiger partial charge is 0.398 e. The van der Waals surface area contributed by atoms with E-state index in [1.807, 2.05) is 18.2 Å². The Labute approximate surface area is 130 Å². The van der Waals surface area contributed by atoms with E-state index in [1.54, 1.807) is 17.0 Å². The number of amides is 1. The maximum atomic E-state index is 13.9. The lowest BCUT2D eigenvalue weighted by atomic mass is 9.97. The molecule has 0 aliphatic carbocycles. The Balaban J connectivity index is 1.91. The zero-order valence-electron chi connectivity index (χ0n) is 11.3. The Bertz CT molecular complexity index is 697. The van der Waals surface area contributed by atoms with Crippen molar-refractivity contribution in [1.82, 2.24) is 4.90 Å². The summed E-state index contributed by atoms with van der Waals surface area (Å²) in [4.78, 5) is 14.2. The number of nitrogens with two attached hydrogens (primary N) is 1. The zero-order chi connectivity index (χ0) is 15.0. The van der Waals surface area contributed by atoms with Crippen molar-refractivity contribution in [2.24, 2.45) is 0 Å². The van der Waals surface area contributed by atoms with Gasteiger partial charge in [0.1, 0.15) is 5.82 Å². The van der Waals surface area contributed by atoms with Crippen molar-refractivity contribution in [2.45, 2.75) is 13.0 Å². The molecule has 1 heterocycles. The number of nitrogen functional groups attached to an aromatic ring is 1. The predicted octanol–water partition coefficient (Wildman–Crippen LogP) is 3.37. The second-order valence-electron chi connectivity index (χ2n) is 5.06. The van der Waals surface area contributed by atoms with Gasteiger partial charge in [0.05, 0.1) is 5.56 Å². The molecule has 3 rings (SSSR count). The van der Waals surface area contributed by atoms with Gasteiger partial charge in [0.25, 0.3) is 5.91 Å². The summed E-state index contributed by atoms with van der Waals surface area (Å²) in [5.41, 5.74) is 8.92. The van der Waals surface area contributed by atoms with Crippen LogP contribution in [0.4, 0.5) is 10.1 Å². The molecule has 0 saturated carbocycles. The number of hydrogen-bond donors (Lipinski definition) is 1. The molecule has 1 aliphatic heterocycles. The summed E-state index contributed by atoms with van der Waals surface area (Å²) in [6.07, 6.45) is 0.694. The van der Waals surface area contributed by atoms with Crippen LogP contribution in [0.2, 0.25) is 0 Å². The Morgan fingerprint density at radius 1 is 1.24 bits per heavy atom. The van der Waals surface area contributed by atoms with Crippen molar-refractivity contribution >= 4 is 27.5 Å². The van der Waals surface area contributed by atoms with Gasteiger partial charge in [-0.25, -0.2) is 4.39 Å². The fraction of sp³-hybridized carbons (Fsp3) is 0.188. The van der Waals surface area contributed by atoms with E-state index in [1.165, 1.54) is 6.07 Å². The van der Waals surface area contributed by atoms with E-state index in [4.69, 9.17) is 5.73 Å². The zero-order valence-corrected chi connectivity index (χ0v) is 12.9. The lowest BCUT2D eigenvalue weighted by molar-refractivity contribution is 0.0729. The third-order valence-electron chi connectivity index (χ3n) is 3.77. The molecule has 1 amide bonds. The molecule has 5 heteroatoms. The average molecular weight is 349 g/mol. The maximum absolute atomic E-state index is 13.9. The lowest BCUT2D eigenvalue weighted by Gasteiger charge is -2.30. The van der Waals surface area contributed by atoms with Gasteiger partial charge in [0.2, 0.25) is 0 Å². The molecular weight excluding hydrogens is 335 g/mol. The Morgan fingerprint density at radius 3 is 2.76 bits per heavy atom. The molecule has 21 heavy (non-hydrogen) atoms. The van der Waals surface area contributed by atoms with E-state index in [0.29, 0.717) is 24.0 Å². The van der Waals surface area contributed by atoms with E-state index >= 15 is 0 Å². The van der Waals surface area contributed by atoms with Gasteiger partial charge in [-0.05, 0) is 51.7 Å². The van der Waals surface area contributed by atoms with Crippen molar-refractivity contribution in [3.8, 4) is 0 Å². The van der Waals surface area contributed by atoms with Gasteiger partial charge >= 0.3 is 0 Å². The Hall–Kier alpha value is -1.88. The number of fused-ring (bicyclic) bond motifs is 1. The van der Waals surface area contributed by atoms with Crippen LogP contribution in [0.3, 0.4) is 0 Å². The SMILES string of the molecule is Nc1cccc2c1CCN(C(=O)c1c(F)cccc1Br)C2. The van der Waals surface area contributed by atoms with Crippen LogP contribution >= 0.6 is 15.9 Å². The monoisotopic (exact) mass is 348 g/mol. The molecule has 0 aromatic heterocycles. The number of hydrogen-bond acceptors (Lipinski definition) is 2. The van der Waals surface area contributed by atoms with Crippen LogP contribution in [0.25, 0.3) is 0 Å². The number of benzene rings is 2. The van der Waals surface area contributed by atoms with Crippen LogP contribution in [-0.4, -0.2) is 17.4 Å². The predicted molar refractivity (Wildman–Crippen MR) is 83.4 cm³/mol. The van der Waals surface area contributed by atoms with E-state index in [2.05, 4.69) is 15.9 Å². The van der Waals surface area contributed by atoms with Gasteiger partial charge in [-0.15, -0.1) is 0 Å². The van der Waals surface area contributed by atoms with Crippen LogP contribution in [0.15, 0.2) is 40.9 Å². The molecule has 0 spiro atoms. The first-order valence-electron chi connectivity index (χ1n) is 6.67. The first-order valence-corrected chi connectivity index (χ1v) is 7.46. The van der Waals surface area contributed by atoms with Crippen molar-refractivity contribution < 1.29 is 9.18 Å². The number of halogens is 2. The fourth-order valence-corrected chi connectivity index (χ4v) is 3.18. The summed E-state index contributed by atoms with van der Waals surface area (Å²) in [5, 5.41) is 0. The third kappa shape index (κ3) is 2.53. The van der Waals surface area contributed by atoms with E-state index in [-0.39, 0.29) is 11.5 Å². The number of nitrogens with zero attached hydrogens (tertiary/aromatic N) is 1. The third-order valence-corrected chi connectivity index (χ3v) is 4.43. The summed E-state index contributed by atoms with van der Waals surface area (Å²) in [7, 11) is 0. The minimum absolute atomic E-state index is 0.0878. The van der Waals surface area contributed by atoms with Crippen molar-refractivity contribution in [3.05, 3.63) is 63.4 Å². The van der Waals surface area contributed by atoms with Crippen LogP contribution in [0.1, 0.15) is 21.5 Å². The summed E-state index contributed by atoms with van der Waals surface area (Å²) in [6, 6.07) is 10.2. The molecule has 0 unspecified atom stereocenters. The fourth-order valence-electron chi connectivity index (χ4n) is 2.67. The molecule has 2 aromatic rings. The molecule has 3 nitrogen and oxygen atoms in total. The van der Waals surface area contributed by atoms with Gasteiger partial charge in [0.15, 0.2) is 0 Å². The van der Waals surface area contributed by atoms with Crippen molar-refractivity contribution in [1.29, 1.82) is 0 Å². The number of carbonyl (C=O) groups excluding carboxylic acids is 1. The van der Waals surface area contributed by atoms with E-state index < -0.39 is 5.82 Å². The van der Waals surface area contributed by atoms with Crippen LogP contribution in [0.5, 0.6) is 0 Å². The van der Waals surface area contributed by atoms with Crippen LogP contribution in [0, 0.1) is 5.82 Å². The van der Waals surface area contributed by atoms with Crippen molar-refractivity contribution in [2.75, 3.05) is 12.3 Å². The normalized spacial score (nSPS) is 13.9. The van der Waals surface area contributed by atoms with Gasteiger partial charge < -0.3 is 10.6 Å². The van der Waals surface area contributed by atoms with Crippen LogP contribution in [-0.2, 0) is 13.0 Å². The Kier molecular flexibility index (Phi) is 3.68. The molecule has 1 aliphatic rings. The summed E-state index contributed by atoms with van der Waals surface area (Å²) in [6.45, 7) is 1.00. The van der Waals surface area contributed by atoms with Gasteiger partial charge in [-0.3, -0.25) is 4.79 Å². The molecule has 0 saturated heterocycles. The second kappa shape index (κ2) is 5.48. The molecule has 0 bridgehead atoms. The molecule has 2 aromatic carbocycles. The summed E-state index contributed by atoms with van der Waals surface area (Å²) < 4.78 is 14.4. The van der Waals surface area contributed by atoms with E-state index in [9.17, 15) is 9.18 Å². The quantitative estimate of drug-likeness (QED) is 0.803. The van der Waals surface area contributed by atoms with Gasteiger partial charge in [-0.1, -0.05) is 18.2 Å². The standard InChI is InChI=1S/C16H14BrFN2O/c17-12-4-2-5-13(18)15(12)16(21)20-8-7-11-10(9-20)3-1-6-14(11)19/h1-6H,7-9,19H2. The summed E-state index contributed by atoms with van der Waals surface area (Å²) in [5.74, 6) is -0.805. The Morgan fingerprint density at radius 2 is 2.00 bits per heavy atom. The minimum atomic E-state index is -0.507. The molecular formula is C16H14BrFN2O. The number of carbonyl (C=O) groups is 1. The highest BCUT2D eigenvalue weighted by atomic mass is 79.9. The second-order valence-corrected chi connectivity index (χ2v) is 5.91. The molecule has 0 radical (unpaired) electrons. The number of rotatable bonds is 1. The first-order chi connectivity index (χ1) is 10.1. The molecule has 0 fully saturated rings.